The molecule has 0 radical (unpaired) electrons. The molecule has 0 saturated carbocycles. The molecule has 0 amide bonds. The standard InChI is InChI=1S/C18H35N3/c1-4-6-7-8-9-10-11-12-13-14-17(19-5-2)18-20-15-16-21(18)3/h15-17,19H,4-14H2,1-3H3. The Hall–Kier alpha value is -0.830. The first-order valence-corrected chi connectivity index (χ1v) is 9.00. The van der Waals surface area contributed by atoms with Gasteiger partial charge in [-0.15, -0.1) is 0 Å². The first-order valence-electron chi connectivity index (χ1n) is 9.00. The van der Waals surface area contributed by atoms with Crippen molar-refractivity contribution in [1.29, 1.82) is 0 Å². The zero-order chi connectivity index (χ0) is 15.3. The molecule has 1 rings (SSSR count). The minimum atomic E-state index is 0.416. The highest BCUT2D eigenvalue weighted by atomic mass is 15.1. The molecule has 122 valence electrons. The number of nitrogens with one attached hydrogen (secondary N) is 1. The highest BCUT2D eigenvalue weighted by Gasteiger charge is 2.13. The van der Waals surface area contributed by atoms with Crippen LogP contribution in [0.1, 0.15) is 89.9 Å². The average molecular weight is 293 g/mol. The molecule has 1 heterocycles. The molecule has 0 aromatic carbocycles. The van der Waals surface area contributed by atoms with E-state index in [1.54, 1.807) is 0 Å². The van der Waals surface area contributed by atoms with Gasteiger partial charge in [0, 0.05) is 19.4 Å². The fraction of sp³-hybridized carbons (Fsp3) is 0.833. The predicted molar refractivity (Wildman–Crippen MR) is 91.5 cm³/mol. The van der Waals surface area contributed by atoms with Crippen molar-refractivity contribution in [3.63, 3.8) is 0 Å². The van der Waals surface area contributed by atoms with Crippen molar-refractivity contribution in [2.75, 3.05) is 6.54 Å². The quantitative estimate of drug-likeness (QED) is 0.519. The zero-order valence-electron chi connectivity index (χ0n) is 14.4. The van der Waals surface area contributed by atoms with Crippen LogP contribution in [0.4, 0.5) is 0 Å². The Labute approximate surface area is 131 Å². The molecule has 1 aromatic heterocycles. The number of rotatable bonds is 13. The molecule has 0 fully saturated rings. The number of hydrogen-bond donors (Lipinski definition) is 1. The minimum Gasteiger partial charge on any atom is -0.337 e. The monoisotopic (exact) mass is 293 g/mol. The van der Waals surface area contributed by atoms with Crippen LogP contribution in [0.5, 0.6) is 0 Å². The summed E-state index contributed by atoms with van der Waals surface area (Å²) in [6, 6.07) is 0.416. The van der Waals surface area contributed by atoms with E-state index in [9.17, 15) is 0 Å². The number of nitrogens with zero attached hydrogens (tertiary/aromatic N) is 2. The van der Waals surface area contributed by atoms with Crippen molar-refractivity contribution >= 4 is 0 Å². The van der Waals surface area contributed by atoms with Crippen LogP contribution in [0.2, 0.25) is 0 Å². The molecule has 0 saturated heterocycles. The van der Waals surface area contributed by atoms with Crippen LogP contribution in [0.25, 0.3) is 0 Å². The SMILES string of the molecule is CCCCCCCCCCCC(NCC)c1nccn1C. The van der Waals surface area contributed by atoms with Gasteiger partial charge >= 0.3 is 0 Å². The minimum absolute atomic E-state index is 0.416. The normalized spacial score (nSPS) is 12.7. The molecule has 3 heteroatoms. The van der Waals surface area contributed by atoms with E-state index in [2.05, 4.69) is 35.8 Å². The lowest BCUT2D eigenvalue weighted by Crippen LogP contribution is -2.23. The van der Waals surface area contributed by atoms with E-state index in [0.29, 0.717) is 6.04 Å². The second kappa shape index (κ2) is 11.8. The predicted octanol–water partition coefficient (Wildman–Crippen LogP) is 4.99. The molecule has 0 aliphatic heterocycles. The second-order valence-corrected chi connectivity index (χ2v) is 6.12. The summed E-state index contributed by atoms with van der Waals surface area (Å²) in [6.07, 6.45) is 17.7. The Morgan fingerprint density at radius 1 is 1.00 bits per heavy atom. The maximum Gasteiger partial charge on any atom is 0.125 e. The van der Waals surface area contributed by atoms with E-state index in [-0.39, 0.29) is 0 Å². The lowest BCUT2D eigenvalue weighted by Gasteiger charge is -2.17. The van der Waals surface area contributed by atoms with Gasteiger partial charge in [0.15, 0.2) is 0 Å². The Morgan fingerprint density at radius 2 is 1.62 bits per heavy atom. The van der Waals surface area contributed by atoms with Crippen LogP contribution in [0.15, 0.2) is 12.4 Å². The van der Waals surface area contributed by atoms with E-state index in [0.717, 1.165) is 6.54 Å². The van der Waals surface area contributed by atoms with Gasteiger partial charge in [0.25, 0.3) is 0 Å². The van der Waals surface area contributed by atoms with Crippen LogP contribution < -0.4 is 5.32 Å². The Morgan fingerprint density at radius 3 is 2.14 bits per heavy atom. The van der Waals surface area contributed by atoms with Gasteiger partial charge in [0.2, 0.25) is 0 Å². The smallest absolute Gasteiger partial charge is 0.125 e. The van der Waals surface area contributed by atoms with Crippen LogP contribution >= 0.6 is 0 Å². The second-order valence-electron chi connectivity index (χ2n) is 6.12. The molecule has 3 nitrogen and oxygen atoms in total. The van der Waals surface area contributed by atoms with Crippen LogP contribution in [-0.4, -0.2) is 16.1 Å². The highest BCUT2D eigenvalue weighted by molar-refractivity contribution is 4.98. The number of aromatic nitrogens is 2. The molecule has 1 unspecified atom stereocenters. The summed E-state index contributed by atoms with van der Waals surface area (Å²) >= 11 is 0. The van der Waals surface area contributed by atoms with Crippen LogP contribution in [-0.2, 0) is 7.05 Å². The molecular weight excluding hydrogens is 258 g/mol. The van der Waals surface area contributed by atoms with Crippen LogP contribution in [0, 0.1) is 0 Å². The molecule has 21 heavy (non-hydrogen) atoms. The van der Waals surface area contributed by atoms with Gasteiger partial charge in [-0.3, -0.25) is 0 Å². The van der Waals surface area contributed by atoms with Gasteiger partial charge in [-0.1, -0.05) is 71.6 Å². The lowest BCUT2D eigenvalue weighted by atomic mass is 10.0. The van der Waals surface area contributed by atoms with Crippen molar-refractivity contribution in [3.8, 4) is 0 Å². The fourth-order valence-corrected chi connectivity index (χ4v) is 2.94. The van der Waals surface area contributed by atoms with Gasteiger partial charge in [-0.2, -0.15) is 0 Å². The number of unbranched alkanes of at least 4 members (excludes halogenated alkanes) is 8. The molecule has 1 aromatic rings. The van der Waals surface area contributed by atoms with Gasteiger partial charge in [-0.05, 0) is 13.0 Å². The molecule has 0 aliphatic rings. The van der Waals surface area contributed by atoms with E-state index in [1.165, 1.54) is 70.0 Å². The molecule has 1 N–H and O–H groups in total. The van der Waals surface area contributed by atoms with Gasteiger partial charge in [0.05, 0.1) is 6.04 Å². The third kappa shape index (κ3) is 7.66. The van der Waals surface area contributed by atoms with E-state index in [4.69, 9.17) is 0 Å². The Kier molecular flexibility index (Phi) is 10.2. The maximum absolute atomic E-state index is 4.49. The van der Waals surface area contributed by atoms with Crippen molar-refractivity contribution in [1.82, 2.24) is 14.9 Å². The summed E-state index contributed by atoms with van der Waals surface area (Å²) in [6.45, 7) is 5.46. The average Bonchev–Trinajstić information content (AvgIpc) is 2.90. The third-order valence-electron chi connectivity index (χ3n) is 4.22. The van der Waals surface area contributed by atoms with Gasteiger partial charge < -0.3 is 9.88 Å². The largest absolute Gasteiger partial charge is 0.337 e. The van der Waals surface area contributed by atoms with Gasteiger partial charge in [0.1, 0.15) is 5.82 Å². The summed E-state index contributed by atoms with van der Waals surface area (Å²) in [5.41, 5.74) is 0. The van der Waals surface area contributed by atoms with E-state index < -0.39 is 0 Å². The topological polar surface area (TPSA) is 29.9 Å². The fourth-order valence-electron chi connectivity index (χ4n) is 2.94. The lowest BCUT2D eigenvalue weighted by molar-refractivity contribution is 0.448. The van der Waals surface area contributed by atoms with Crippen molar-refractivity contribution in [2.45, 2.75) is 84.1 Å². The van der Waals surface area contributed by atoms with E-state index in [1.807, 2.05) is 12.4 Å². The first kappa shape index (κ1) is 18.2. The Bertz CT molecular complexity index is 346. The number of aryl methyl sites for hydroxylation is 1. The third-order valence-corrected chi connectivity index (χ3v) is 4.22. The van der Waals surface area contributed by atoms with Crippen LogP contribution in [0.3, 0.4) is 0 Å². The van der Waals surface area contributed by atoms with Crippen molar-refractivity contribution in [3.05, 3.63) is 18.2 Å². The number of imidazole rings is 1. The highest BCUT2D eigenvalue weighted by Crippen LogP contribution is 2.19. The summed E-state index contributed by atoms with van der Waals surface area (Å²) in [4.78, 5) is 4.49. The summed E-state index contributed by atoms with van der Waals surface area (Å²) in [5.74, 6) is 1.18. The molecular formula is C18H35N3. The van der Waals surface area contributed by atoms with Gasteiger partial charge in [-0.25, -0.2) is 4.98 Å². The van der Waals surface area contributed by atoms with Crippen molar-refractivity contribution in [2.24, 2.45) is 7.05 Å². The summed E-state index contributed by atoms with van der Waals surface area (Å²) in [5, 5.41) is 3.57. The van der Waals surface area contributed by atoms with E-state index >= 15 is 0 Å². The zero-order valence-corrected chi connectivity index (χ0v) is 14.4. The molecule has 0 spiro atoms. The Balaban J connectivity index is 2.10. The number of hydrogen-bond acceptors (Lipinski definition) is 2. The summed E-state index contributed by atoms with van der Waals surface area (Å²) < 4.78 is 2.14. The molecule has 0 bridgehead atoms. The molecule has 1 atom stereocenters. The molecule has 0 aliphatic carbocycles. The van der Waals surface area contributed by atoms with Crippen molar-refractivity contribution < 1.29 is 0 Å². The summed E-state index contributed by atoms with van der Waals surface area (Å²) in [7, 11) is 2.09. The first-order chi connectivity index (χ1) is 10.3. The maximum atomic E-state index is 4.49.